The molecule has 1 aromatic heterocycles. The van der Waals surface area contributed by atoms with Gasteiger partial charge in [0, 0.05) is 12.6 Å². The van der Waals surface area contributed by atoms with Crippen LogP contribution >= 0.6 is 0 Å². The largest absolute Gasteiger partial charge is 0.387 e. The van der Waals surface area contributed by atoms with Gasteiger partial charge in [-0.2, -0.15) is 5.10 Å². The standard InChI is InChI=1S/C18H20N4O/c1-14(20-11-18(23)16-5-3-2-4-6-16)15-7-9-17(10-8-15)22-13-19-12-21-22/h2-10,12-14,18,20,23H,11H2,1H3/t14-,18+/m0/s1. The molecule has 0 aliphatic heterocycles. The molecule has 0 unspecified atom stereocenters. The first-order chi connectivity index (χ1) is 11.2. The van der Waals surface area contributed by atoms with Crippen molar-refractivity contribution in [2.75, 3.05) is 6.54 Å². The third-order valence-electron chi connectivity index (χ3n) is 3.88. The zero-order valence-electron chi connectivity index (χ0n) is 13.0. The molecule has 5 heteroatoms. The van der Waals surface area contributed by atoms with Crippen LogP contribution in [0.1, 0.15) is 30.2 Å². The first kappa shape index (κ1) is 15.4. The summed E-state index contributed by atoms with van der Waals surface area (Å²) in [5.74, 6) is 0. The van der Waals surface area contributed by atoms with Crippen LogP contribution in [0.2, 0.25) is 0 Å². The Morgan fingerprint density at radius 2 is 1.78 bits per heavy atom. The highest BCUT2D eigenvalue weighted by atomic mass is 16.3. The molecule has 0 saturated heterocycles. The molecule has 0 radical (unpaired) electrons. The van der Waals surface area contributed by atoms with Gasteiger partial charge in [0.1, 0.15) is 12.7 Å². The Kier molecular flexibility index (Phi) is 4.80. The maximum Gasteiger partial charge on any atom is 0.138 e. The van der Waals surface area contributed by atoms with Crippen molar-refractivity contribution in [2.24, 2.45) is 0 Å². The Morgan fingerprint density at radius 1 is 1.04 bits per heavy atom. The quantitative estimate of drug-likeness (QED) is 0.735. The molecule has 0 aliphatic rings. The smallest absolute Gasteiger partial charge is 0.138 e. The first-order valence-corrected chi connectivity index (χ1v) is 7.65. The van der Waals surface area contributed by atoms with Crippen LogP contribution in [0.15, 0.2) is 67.3 Å². The molecule has 23 heavy (non-hydrogen) atoms. The molecule has 0 saturated carbocycles. The lowest BCUT2D eigenvalue weighted by Gasteiger charge is -2.18. The summed E-state index contributed by atoms with van der Waals surface area (Å²) in [6, 6.07) is 18.0. The molecule has 3 rings (SSSR count). The van der Waals surface area contributed by atoms with Gasteiger partial charge in [0.2, 0.25) is 0 Å². The molecular weight excluding hydrogens is 288 g/mol. The van der Waals surface area contributed by atoms with Crippen molar-refractivity contribution in [2.45, 2.75) is 19.1 Å². The third-order valence-corrected chi connectivity index (χ3v) is 3.88. The fourth-order valence-corrected chi connectivity index (χ4v) is 2.46. The Labute approximate surface area is 135 Å². The fraction of sp³-hybridized carbons (Fsp3) is 0.222. The predicted octanol–water partition coefficient (Wildman–Crippen LogP) is 2.65. The van der Waals surface area contributed by atoms with Gasteiger partial charge in [0.15, 0.2) is 0 Å². The van der Waals surface area contributed by atoms with Crippen LogP contribution in [-0.2, 0) is 0 Å². The van der Waals surface area contributed by atoms with Gasteiger partial charge in [-0.3, -0.25) is 0 Å². The normalized spacial score (nSPS) is 13.7. The average Bonchev–Trinajstić information content (AvgIpc) is 3.15. The topological polar surface area (TPSA) is 63.0 Å². The number of nitrogens with zero attached hydrogens (tertiary/aromatic N) is 3. The van der Waals surface area contributed by atoms with Crippen LogP contribution in [0.25, 0.3) is 5.69 Å². The average molecular weight is 308 g/mol. The van der Waals surface area contributed by atoms with E-state index in [1.54, 1.807) is 11.0 Å². The van der Waals surface area contributed by atoms with Crippen LogP contribution in [-0.4, -0.2) is 26.4 Å². The molecule has 3 aromatic rings. The Morgan fingerprint density at radius 3 is 2.43 bits per heavy atom. The minimum atomic E-state index is -0.506. The summed E-state index contributed by atoms with van der Waals surface area (Å²) in [4.78, 5) is 3.95. The number of hydrogen-bond acceptors (Lipinski definition) is 4. The second-order valence-corrected chi connectivity index (χ2v) is 5.49. The summed E-state index contributed by atoms with van der Waals surface area (Å²) in [6.45, 7) is 2.60. The molecule has 2 aromatic carbocycles. The van der Waals surface area contributed by atoms with Crippen molar-refractivity contribution in [3.63, 3.8) is 0 Å². The predicted molar refractivity (Wildman–Crippen MR) is 89.2 cm³/mol. The molecule has 0 bridgehead atoms. The van der Waals surface area contributed by atoms with Crippen molar-refractivity contribution in [1.82, 2.24) is 20.1 Å². The molecule has 0 spiro atoms. The number of rotatable bonds is 6. The van der Waals surface area contributed by atoms with E-state index in [0.29, 0.717) is 6.54 Å². The van der Waals surface area contributed by atoms with E-state index in [4.69, 9.17) is 0 Å². The maximum absolute atomic E-state index is 10.2. The van der Waals surface area contributed by atoms with Gasteiger partial charge < -0.3 is 10.4 Å². The highest BCUT2D eigenvalue weighted by Gasteiger charge is 2.10. The van der Waals surface area contributed by atoms with Crippen LogP contribution in [0.5, 0.6) is 0 Å². The van der Waals surface area contributed by atoms with Gasteiger partial charge in [-0.25, -0.2) is 9.67 Å². The van der Waals surface area contributed by atoms with E-state index in [1.165, 1.54) is 6.33 Å². The lowest BCUT2D eigenvalue weighted by atomic mass is 10.1. The van der Waals surface area contributed by atoms with Gasteiger partial charge >= 0.3 is 0 Å². The lowest BCUT2D eigenvalue weighted by Crippen LogP contribution is -2.24. The number of aliphatic hydroxyl groups is 1. The second-order valence-electron chi connectivity index (χ2n) is 5.49. The molecule has 0 amide bonds. The van der Waals surface area contributed by atoms with Gasteiger partial charge in [-0.05, 0) is 30.2 Å². The minimum Gasteiger partial charge on any atom is -0.387 e. The van der Waals surface area contributed by atoms with Crippen molar-refractivity contribution in [3.05, 3.63) is 78.4 Å². The van der Waals surface area contributed by atoms with E-state index >= 15 is 0 Å². The van der Waals surface area contributed by atoms with Crippen LogP contribution in [0.3, 0.4) is 0 Å². The molecule has 0 fully saturated rings. The van der Waals surface area contributed by atoms with Crippen molar-refractivity contribution >= 4 is 0 Å². The second kappa shape index (κ2) is 7.17. The summed E-state index contributed by atoms with van der Waals surface area (Å²) in [7, 11) is 0. The molecule has 5 nitrogen and oxygen atoms in total. The number of nitrogens with one attached hydrogen (secondary N) is 1. The van der Waals surface area contributed by atoms with E-state index in [2.05, 4.69) is 34.5 Å². The number of aromatic nitrogens is 3. The van der Waals surface area contributed by atoms with E-state index < -0.39 is 6.10 Å². The SMILES string of the molecule is C[C@H](NC[C@@H](O)c1ccccc1)c1ccc(-n2cncn2)cc1. The van der Waals surface area contributed by atoms with E-state index in [9.17, 15) is 5.11 Å². The zero-order valence-corrected chi connectivity index (χ0v) is 13.0. The number of hydrogen-bond donors (Lipinski definition) is 2. The summed E-state index contributed by atoms with van der Waals surface area (Å²) < 4.78 is 1.72. The summed E-state index contributed by atoms with van der Waals surface area (Å²) in [5.41, 5.74) is 3.06. The van der Waals surface area contributed by atoms with Gasteiger partial charge in [-0.15, -0.1) is 0 Å². The third kappa shape index (κ3) is 3.83. The molecule has 2 atom stereocenters. The van der Waals surface area contributed by atoms with Gasteiger partial charge in [0.25, 0.3) is 0 Å². The summed E-state index contributed by atoms with van der Waals surface area (Å²) in [5, 5.41) is 17.7. The highest BCUT2D eigenvalue weighted by Crippen LogP contribution is 2.17. The van der Waals surface area contributed by atoms with E-state index in [-0.39, 0.29) is 6.04 Å². The number of aliphatic hydroxyl groups excluding tert-OH is 1. The molecule has 0 aliphatic carbocycles. The van der Waals surface area contributed by atoms with Crippen molar-refractivity contribution < 1.29 is 5.11 Å². The van der Waals surface area contributed by atoms with Crippen LogP contribution in [0.4, 0.5) is 0 Å². The number of benzene rings is 2. The van der Waals surface area contributed by atoms with Gasteiger partial charge in [0.05, 0.1) is 11.8 Å². The van der Waals surface area contributed by atoms with Gasteiger partial charge in [-0.1, -0.05) is 42.5 Å². The van der Waals surface area contributed by atoms with Crippen LogP contribution in [0, 0.1) is 0 Å². The summed E-state index contributed by atoms with van der Waals surface area (Å²) in [6.07, 6.45) is 2.68. The van der Waals surface area contributed by atoms with E-state index in [1.807, 2.05) is 42.5 Å². The Bertz CT molecular complexity index is 711. The highest BCUT2D eigenvalue weighted by molar-refractivity contribution is 5.34. The minimum absolute atomic E-state index is 0.151. The zero-order chi connectivity index (χ0) is 16.1. The Hall–Kier alpha value is -2.50. The van der Waals surface area contributed by atoms with Crippen molar-refractivity contribution in [1.29, 1.82) is 0 Å². The first-order valence-electron chi connectivity index (χ1n) is 7.65. The fourth-order valence-electron chi connectivity index (χ4n) is 2.46. The lowest BCUT2D eigenvalue weighted by molar-refractivity contribution is 0.171. The molecule has 1 heterocycles. The Balaban J connectivity index is 1.59. The molecular formula is C18H20N4O. The maximum atomic E-state index is 10.2. The summed E-state index contributed by atoms with van der Waals surface area (Å²) >= 11 is 0. The molecule has 118 valence electrons. The van der Waals surface area contributed by atoms with Crippen LogP contribution < -0.4 is 5.32 Å². The van der Waals surface area contributed by atoms with Crippen molar-refractivity contribution in [3.8, 4) is 5.69 Å². The monoisotopic (exact) mass is 308 g/mol. The van der Waals surface area contributed by atoms with E-state index in [0.717, 1.165) is 16.8 Å². The molecule has 2 N–H and O–H groups in total.